The number of halogens is 3. The van der Waals surface area contributed by atoms with Crippen LogP contribution >= 0.6 is 0 Å². The smallest absolute Gasteiger partial charge is 0.123 e. The molecule has 1 aliphatic rings. The topological polar surface area (TPSA) is 28.4 Å². The number of alkyl halides is 1. The van der Waals surface area contributed by atoms with E-state index in [0.29, 0.717) is 36.8 Å². The van der Waals surface area contributed by atoms with E-state index in [1.807, 2.05) is 9.47 Å². The zero-order chi connectivity index (χ0) is 18.5. The molecule has 2 atom stereocenters. The number of nitrogens with zero attached hydrogens (tertiary/aromatic N) is 2. The number of aromatic nitrogens is 1. The van der Waals surface area contributed by atoms with Crippen molar-refractivity contribution in [3.8, 4) is 0 Å². The fourth-order valence-corrected chi connectivity index (χ4v) is 4.02. The van der Waals surface area contributed by atoms with Crippen LogP contribution in [0.4, 0.5) is 13.2 Å². The van der Waals surface area contributed by atoms with Crippen LogP contribution in [0.2, 0.25) is 0 Å². The molecule has 4 rings (SSSR count). The van der Waals surface area contributed by atoms with Gasteiger partial charge >= 0.3 is 0 Å². The summed E-state index contributed by atoms with van der Waals surface area (Å²) in [5, 5.41) is 12.2. The normalized spacial score (nSPS) is 20.9. The summed E-state index contributed by atoms with van der Waals surface area (Å²) in [6.07, 6.45) is -0.353. The van der Waals surface area contributed by atoms with Gasteiger partial charge in [0.2, 0.25) is 0 Å². The molecule has 0 spiro atoms. The molecule has 2 heterocycles. The Morgan fingerprint density at radius 1 is 1.04 bits per heavy atom. The molecule has 6 heteroatoms. The minimum absolute atomic E-state index is 0.248. The summed E-state index contributed by atoms with van der Waals surface area (Å²) in [7, 11) is 0. The molecule has 0 radical (unpaired) electrons. The maximum absolute atomic E-state index is 13.7. The maximum Gasteiger partial charge on any atom is 0.123 e. The van der Waals surface area contributed by atoms with Crippen molar-refractivity contribution in [1.82, 2.24) is 9.47 Å². The van der Waals surface area contributed by atoms with Crippen molar-refractivity contribution in [2.75, 3.05) is 19.6 Å². The van der Waals surface area contributed by atoms with E-state index < -0.39 is 23.4 Å². The van der Waals surface area contributed by atoms with Crippen LogP contribution in [-0.4, -0.2) is 46.0 Å². The van der Waals surface area contributed by atoms with Crippen molar-refractivity contribution >= 4 is 21.8 Å². The highest BCUT2D eigenvalue weighted by Crippen LogP contribution is 2.32. The van der Waals surface area contributed by atoms with Gasteiger partial charge in [-0.1, -0.05) is 0 Å². The number of likely N-dealkylation sites (tertiary alicyclic amines) is 1. The third kappa shape index (κ3) is 3.19. The summed E-state index contributed by atoms with van der Waals surface area (Å²) in [5.41, 5.74) is 0.361. The maximum atomic E-state index is 13.7. The molecule has 3 aromatic rings. The quantitative estimate of drug-likeness (QED) is 0.763. The van der Waals surface area contributed by atoms with Gasteiger partial charge in [0.15, 0.2) is 0 Å². The fraction of sp³-hybridized carbons (Fsp3) is 0.400. The van der Waals surface area contributed by atoms with Crippen LogP contribution < -0.4 is 0 Å². The second-order valence-corrected chi connectivity index (χ2v) is 7.53. The first-order chi connectivity index (χ1) is 12.3. The van der Waals surface area contributed by atoms with E-state index in [4.69, 9.17) is 0 Å². The molecule has 1 saturated heterocycles. The molecule has 0 amide bonds. The summed E-state index contributed by atoms with van der Waals surface area (Å²) in [6.45, 7) is 3.26. The van der Waals surface area contributed by atoms with Gasteiger partial charge < -0.3 is 9.67 Å². The summed E-state index contributed by atoms with van der Waals surface area (Å²) in [6, 6.07) is 8.78. The van der Waals surface area contributed by atoms with Gasteiger partial charge in [-0.15, -0.1) is 0 Å². The predicted octanol–water partition coefficient (Wildman–Crippen LogP) is 3.87. The van der Waals surface area contributed by atoms with E-state index in [-0.39, 0.29) is 6.54 Å². The first-order valence-electron chi connectivity index (χ1n) is 8.78. The van der Waals surface area contributed by atoms with Crippen LogP contribution in [0.5, 0.6) is 0 Å². The first-order valence-corrected chi connectivity index (χ1v) is 8.78. The molecule has 26 heavy (non-hydrogen) atoms. The van der Waals surface area contributed by atoms with Gasteiger partial charge in [-0.3, -0.25) is 4.90 Å². The second kappa shape index (κ2) is 6.28. The summed E-state index contributed by atoms with van der Waals surface area (Å²) >= 11 is 0. The third-order valence-electron chi connectivity index (χ3n) is 5.07. The predicted molar refractivity (Wildman–Crippen MR) is 95.9 cm³/mol. The average Bonchev–Trinajstić information content (AvgIpc) is 3.08. The average molecular weight is 362 g/mol. The Hall–Kier alpha value is -2.05. The molecule has 1 fully saturated rings. The highest BCUT2D eigenvalue weighted by molar-refractivity contribution is 6.08. The molecule has 1 aromatic heterocycles. The van der Waals surface area contributed by atoms with E-state index >= 15 is 0 Å². The second-order valence-electron chi connectivity index (χ2n) is 7.53. The lowest BCUT2D eigenvalue weighted by Crippen LogP contribution is -2.43. The Morgan fingerprint density at radius 2 is 1.62 bits per heavy atom. The zero-order valence-corrected chi connectivity index (χ0v) is 14.6. The first kappa shape index (κ1) is 17.4. The minimum Gasteiger partial charge on any atom is -0.387 e. The fourth-order valence-electron chi connectivity index (χ4n) is 4.02. The Labute approximate surface area is 149 Å². The Kier molecular flexibility index (Phi) is 4.20. The van der Waals surface area contributed by atoms with E-state index in [2.05, 4.69) is 0 Å². The van der Waals surface area contributed by atoms with Gasteiger partial charge in [-0.25, -0.2) is 13.2 Å². The molecule has 2 unspecified atom stereocenters. The number of benzene rings is 2. The highest BCUT2D eigenvalue weighted by Gasteiger charge is 2.30. The van der Waals surface area contributed by atoms with Gasteiger partial charge in [0.25, 0.3) is 0 Å². The lowest BCUT2D eigenvalue weighted by Gasteiger charge is -2.29. The van der Waals surface area contributed by atoms with Crippen LogP contribution in [0, 0.1) is 11.6 Å². The standard InChI is InChI=1S/C20H21F3N2O/c1-20(26,11-24-7-6-15(23)10-24)12-25-18-4-2-13(21)8-16(18)17-9-14(22)3-5-19(17)25/h2-5,8-9,15,26H,6-7,10-12H2,1H3. The SMILES string of the molecule is CC(O)(CN1CCC(F)C1)Cn1c2ccc(F)cc2c2cc(F)ccc21. The van der Waals surface area contributed by atoms with E-state index in [1.54, 1.807) is 19.1 Å². The van der Waals surface area contributed by atoms with Gasteiger partial charge in [0.1, 0.15) is 17.8 Å². The van der Waals surface area contributed by atoms with E-state index in [0.717, 1.165) is 11.0 Å². The van der Waals surface area contributed by atoms with Crippen molar-refractivity contribution < 1.29 is 18.3 Å². The van der Waals surface area contributed by atoms with Gasteiger partial charge in [-0.2, -0.15) is 0 Å². The number of hydrogen-bond acceptors (Lipinski definition) is 2. The van der Waals surface area contributed by atoms with Gasteiger partial charge in [0.05, 0.1) is 12.1 Å². The molecule has 1 N–H and O–H groups in total. The number of β-amino-alcohol motifs (C(OH)–C–C–N with tert-alkyl or cyclic N) is 1. The number of rotatable bonds is 4. The molecule has 138 valence electrons. The largest absolute Gasteiger partial charge is 0.387 e. The van der Waals surface area contributed by atoms with Crippen LogP contribution in [0.1, 0.15) is 13.3 Å². The molecular formula is C20H21F3N2O. The minimum atomic E-state index is -1.11. The van der Waals surface area contributed by atoms with Crippen molar-refractivity contribution in [2.45, 2.75) is 31.7 Å². The molecule has 3 nitrogen and oxygen atoms in total. The molecule has 0 aliphatic carbocycles. The van der Waals surface area contributed by atoms with E-state index in [9.17, 15) is 18.3 Å². The Morgan fingerprint density at radius 3 is 2.12 bits per heavy atom. The summed E-state index contributed by atoms with van der Waals surface area (Å²) in [5.74, 6) is -0.780. The van der Waals surface area contributed by atoms with Gasteiger partial charge in [-0.05, 0) is 49.7 Å². The molecule has 1 aliphatic heterocycles. The van der Waals surface area contributed by atoms with Crippen molar-refractivity contribution in [3.05, 3.63) is 48.0 Å². The van der Waals surface area contributed by atoms with Crippen molar-refractivity contribution in [1.29, 1.82) is 0 Å². The summed E-state index contributed by atoms with van der Waals surface area (Å²) in [4.78, 5) is 1.91. The monoisotopic (exact) mass is 362 g/mol. The van der Waals surface area contributed by atoms with Crippen molar-refractivity contribution in [2.24, 2.45) is 0 Å². The number of hydrogen-bond donors (Lipinski definition) is 1. The number of aliphatic hydroxyl groups is 1. The number of fused-ring (bicyclic) bond motifs is 3. The third-order valence-corrected chi connectivity index (χ3v) is 5.07. The van der Waals surface area contributed by atoms with Gasteiger partial charge in [0, 0.05) is 41.4 Å². The van der Waals surface area contributed by atoms with Crippen LogP contribution in [-0.2, 0) is 6.54 Å². The van der Waals surface area contributed by atoms with Crippen LogP contribution in [0.15, 0.2) is 36.4 Å². The lowest BCUT2D eigenvalue weighted by atomic mass is 10.1. The van der Waals surface area contributed by atoms with Crippen molar-refractivity contribution in [3.63, 3.8) is 0 Å². The molecular weight excluding hydrogens is 341 g/mol. The molecule has 0 bridgehead atoms. The Balaban J connectivity index is 1.75. The van der Waals surface area contributed by atoms with Crippen LogP contribution in [0.25, 0.3) is 21.8 Å². The Bertz CT molecular complexity index is 907. The summed E-state index contributed by atoms with van der Waals surface area (Å²) < 4.78 is 42.8. The van der Waals surface area contributed by atoms with E-state index in [1.165, 1.54) is 24.3 Å². The zero-order valence-electron chi connectivity index (χ0n) is 14.6. The highest BCUT2D eigenvalue weighted by atomic mass is 19.1. The lowest BCUT2D eigenvalue weighted by molar-refractivity contribution is 0.0117. The molecule has 2 aromatic carbocycles. The molecule has 0 saturated carbocycles. The van der Waals surface area contributed by atoms with Crippen LogP contribution in [0.3, 0.4) is 0 Å².